The van der Waals surface area contributed by atoms with Gasteiger partial charge in [-0.15, -0.1) is 11.3 Å². The fraction of sp³-hybridized carbons (Fsp3) is 0.400. The summed E-state index contributed by atoms with van der Waals surface area (Å²) in [5, 5.41) is 10.5. The molecule has 0 aromatic carbocycles. The number of thiazole rings is 1. The summed E-state index contributed by atoms with van der Waals surface area (Å²) in [6.07, 6.45) is 3.76. The van der Waals surface area contributed by atoms with E-state index in [4.69, 9.17) is 0 Å². The molecular weight excluding hydrogens is 208 g/mol. The maximum absolute atomic E-state index is 4.36. The van der Waals surface area contributed by atoms with Crippen LogP contribution in [0.4, 0.5) is 5.13 Å². The van der Waals surface area contributed by atoms with Crippen molar-refractivity contribution in [3.05, 3.63) is 29.5 Å². The lowest BCUT2D eigenvalue weighted by molar-refractivity contribution is 0.560. The Hall–Kier alpha value is -1.36. The first-order chi connectivity index (χ1) is 7.24. The largest absolute Gasteiger partial charge is 0.357 e. The third kappa shape index (κ3) is 2.79. The van der Waals surface area contributed by atoms with E-state index >= 15 is 0 Å². The Bertz CT molecular complexity index is 407. The van der Waals surface area contributed by atoms with Gasteiger partial charge in [-0.3, -0.25) is 4.68 Å². The highest BCUT2D eigenvalue weighted by Crippen LogP contribution is 2.15. The van der Waals surface area contributed by atoms with Crippen molar-refractivity contribution < 1.29 is 0 Å². The molecule has 0 bridgehead atoms. The van der Waals surface area contributed by atoms with Crippen molar-refractivity contribution >= 4 is 16.5 Å². The summed E-state index contributed by atoms with van der Waals surface area (Å²) in [7, 11) is 0. The first kappa shape index (κ1) is 10.2. The lowest BCUT2D eigenvalue weighted by Crippen LogP contribution is -2.22. The molecule has 2 rings (SSSR count). The third-order valence-corrected chi connectivity index (χ3v) is 2.90. The predicted molar refractivity (Wildman–Crippen MR) is 62.2 cm³/mol. The molecule has 1 N–H and O–H groups in total. The number of aromatic nitrogens is 3. The van der Waals surface area contributed by atoms with Gasteiger partial charge in [0.1, 0.15) is 0 Å². The Kier molecular flexibility index (Phi) is 3.01. The van der Waals surface area contributed by atoms with Crippen molar-refractivity contribution in [3.8, 4) is 0 Å². The number of rotatable bonds is 4. The number of nitrogens with zero attached hydrogens (tertiary/aromatic N) is 3. The quantitative estimate of drug-likeness (QED) is 0.862. The number of hydrogen-bond donors (Lipinski definition) is 1. The van der Waals surface area contributed by atoms with Crippen LogP contribution >= 0.6 is 11.3 Å². The molecule has 15 heavy (non-hydrogen) atoms. The molecule has 2 heterocycles. The molecule has 80 valence electrons. The average Bonchev–Trinajstić information content (AvgIpc) is 2.77. The minimum absolute atomic E-state index is 0.329. The van der Waals surface area contributed by atoms with Crippen molar-refractivity contribution in [1.29, 1.82) is 0 Å². The fourth-order valence-electron chi connectivity index (χ4n) is 1.37. The van der Waals surface area contributed by atoms with Crippen LogP contribution < -0.4 is 5.32 Å². The summed E-state index contributed by atoms with van der Waals surface area (Å²) in [6, 6.07) is 2.26. The van der Waals surface area contributed by atoms with Gasteiger partial charge in [0, 0.05) is 23.8 Å². The van der Waals surface area contributed by atoms with E-state index in [0.29, 0.717) is 6.04 Å². The molecule has 5 heteroatoms. The van der Waals surface area contributed by atoms with Crippen LogP contribution in [-0.4, -0.2) is 20.8 Å². The lowest BCUT2D eigenvalue weighted by atomic mass is 10.3. The molecule has 4 nitrogen and oxygen atoms in total. The minimum Gasteiger partial charge on any atom is -0.357 e. The van der Waals surface area contributed by atoms with E-state index in [9.17, 15) is 0 Å². The molecule has 1 atom stereocenters. The molecule has 0 spiro atoms. The summed E-state index contributed by atoms with van der Waals surface area (Å²) in [5.74, 6) is 0. The monoisotopic (exact) mass is 222 g/mol. The zero-order valence-electron chi connectivity index (χ0n) is 8.84. The Labute approximate surface area is 93.0 Å². The predicted octanol–water partition coefficient (Wildman–Crippen LogP) is 2.15. The van der Waals surface area contributed by atoms with Gasteiger partial charge in [-0.2, -0.15) is 5.10 Å². The van der Waals surface area contributed by atoms with Gasteiger partial charge in [0.05, 0.1) is 12.2 Å². The second kappa shape index (κ2) is 4.44. The molecule has 0 aliphatic heterocycles. The normalized spacial score (nSPS) is 12.7. The summed E-state index contributed by atoms with van der Waals surface area (Å²) in [5.41, 5.74) is 1.06. The van der Waals surface area contributed by atoms with E-state index < -0.39 is 0 Å². The van der Waals surface area contributed by atoms with Gasteiger partial charge in [0.25, 0.3) is 0 Å². The number of anilines is 1. The highest BCUT2D eigenvalue weighted by Gasteiger charge is 2.05. The first-order valence-electron chi connectivity index (χ1n) is 4.90. The van der Waals surface area contributed by atoms with E-state index in [0.717, 1.165) is 17.4 Å². The van der Waals surface area contributed by atoms with Crippen molar-refractivity contribution in [3.63, 3.8) is 0 Å². The maximum Gasteiger partial charge on any atom is 0.183 e. The smallest absolute Gasteiger partial charge is 0.183 e. The molecule has 0 saturated heterocycles. The van der Waals surface area contributed by atoms with E-state index in [1.54, 1.807) is 17.5 Å². The van der Waals surface area contributed by atoms with Crippen molar-refractivity contribution in [2.24, 2.45) is 0 Å². The summed E-state index contributed by atoms with van der Waals surface area (Å²) >= 11 is 1.64. The van der Waals surface area contributed by atoms with Crippen LogP contribution in [0.3, 0.4) is 0 Å². The Morgan fingerprint density at radius 2 is 2.47 bits per heavy atom. The Morgan fingerprint density at radius 1 is 1.60 bits per heavy atom. The summed E-state index contributed by atoms with van der Waals surface area (Å²) < 4.78 is 1.91. The van der Waals surface area contributed by atoms with E-state index in [1.807, 2.05) is 29.2 Å². The van der Waals surface area contributed by atoms with Crippen molar-refractivity contribution in [2.45, 2.75) is 26.4 Å². The second-order valence-corrected chi connectivity index (χ2v) is 4.43. The van der Waals surface area contributed by atoms with Crippen LogP contribution in [0, 0.1) is 6.92 Å². The molecule has 0 amide bonds. The van der Waals surface area contributed by atoms with Gasteiger partial charge in [-0.05, 0) is 19.9 Å². The lowest BCUT2D eigenvalue weighted by Gasteiger charge is -2.12. The van der Waals surface area contributed by atoms with Gasteiger partial charge >= 0.3 is 0 Å². The molecule has 2 aromatic rings. The zero-order chi connectivity index (χ0) is 10.7. The van der Waals surface area contributed by atoms with Crippen LogP contribution in [0.15, 0.2) is 23.8 Å². The summed E-state index contributed by atoms with van der Waals surface area (Å²) in [4.78, 5) is 4.36. The fourth-order valence-corrected chi connectivity index (χ4v) is 2.17. The van der Waals surface area contributed by atoms with E-state index in [1.165, 1.54) is 0 Å². The Balaban J connectivity index is 1.90. The molecule has 0 radical (unpaired) electrons. The molecule has 1 unspecified atom stereocenters. The van der Waals surface area contributed by atoms with E-state index in [-0.39, 0.29) is 0 Å². The molecule has 0 fully saturated rings. The topological polar surface area (TPSA) is 42.7 Å². The van der Waals surface area contributed by atoms with Crippen LogP contribution in [0.5, 0.6) is 0 Å². The molecule has 0 saturated carbocycles. The highest BCUT2D eigenvalue weighted by atomic mass is 32.1. The van der Waals surface area contributed by atoms with E-state index in [2.05, 4.69) is 22.3 Å². The van der Waals surface area contributed by atoms with Gasteiger partial charge in [0.15, 0.2) is 5.13 Å². The summed E-state index contributed by atoms with van der Waals surface area (Å²) in [6.45, 7) is 4.98. The van der Waals surface area contributed by atoms with Crippen LogP contribution in [0.2, 0.25) is 0 Å². The number of hydrogen-bond acceptors (Lipinski definition) is 4. The van der Waals surface area contributed by atoms with Crippen LogP contribution in [0.1, 0.15) is 12.6 Å². The van der Waals surface area contributed by atoms with Crippen LogP contribution in [0.25, 0.3) is 0 Å². The highest BCUT2D eigenvalue weighted by molar-refractivity contribution is 7.13. The first-order valence-corrected chi connectivity index (χ1v) is 5.78. The van der Waals surface area contributed by atoms with Gasteiger partial charge in [-0.25, -0.2) is 4.98 Å². The van der Waals surface area contributed by atoms with Crippen molar-refractivity contribution in [2.75, 3.05) is 5.32 Å². The molecule has 2 aromatic heterocycles. The maximum atomic E-state index is 4.36. The SMILES string of the molecule is Cc1csc(NC(C)Cn2cccn2)n1. The standard InChI is InChI=1S/C10H14N4S/c1-8(6-14-5-3-4-11-14)12-10-13-9(2)7-15-10/h3-5,7-8H,6H2,1-2H3,(H,12,13). The molecular formula is C10H14N4S. The molecule has 0 aliphatic rings. The number of nitrogens with one attached hydrogen (secondary N) is 1. The van der Waals surface area contributed by atoms with Gasteiger partial charge in [-0.1, -0.05) is 0 Å². The average molecular weight is 222 g/mol. The van der Waals surface area contributed by atoms with Crippen LogP contribution in [-0.2, 0) is 6.54 Å². The number of aryl methyl sites for hydroxylation is 1. The second-order valence-electron chi connectivity index (χ2n) is 3.57. The third-order valence-electron chi connectivity index (χ3n) is 2.01. The van der Waals surface area contributed by atoms with Gasteiger partial charge in [0.2, 0.25) is 0 Å². The van der Waals surface area contributed by atoms with Gasteiger partial charge < -0.3 is 5.32 Å². The minimum atomic E-state index is 0.329. The molecule has 0 aliphatic carbocycles. The zero-order valence-corrected chi connectivity index (χ0v) is 9.66. The van der Waals surface area contributed by atoms with Crippen molar-refractivity contribution in [1.82, 2.24) is 14.8 Å². The Morgan fingerprint density at radius 3 is 3.07 bits per heavy atom.